The maximum absolute atomic E-state index is 14.0. The van der Waals surface area contributed by atoms with Crippen molar-refractivity contribution < 1.29 is 22.3 Å². The predicted molar refractivity (Wildman–Crippen MR) is 92.0 cm³/mol. The number of anilines is 1. The van der Waals surface area contributed by atoms with E-state index in [0.717, 1.165) is 17.7 Å². The number of alkyl halides is 3. The van der Waals surface area contributed by atoms with Gasteiger partial charge >= 0.3 is 6.18 Å². The summed E-state index contributed by atoms with van der Waals surface area (Å²) < 4.78 is 59.7. The first-order valence-corrected chi connectivity index (χ1v) is 7.78. The van der Waals surface area contributed by atoms with Crippen molar-refractivity contribution in [3.63, 3.8) is 0 Å². The Hall–Kier alpha value is -3.02. The molecule has 0 fully saturated rings. The van der Waals surface area contributed by atoms with Crippen LogP contribution in [0.5, 0.6) is 5.75 Å². The number of hydrogen-bond acceptors (Lipinski definition) is 2. The molecule has 0 unspecified atom stereocenters. The Bertz CT molecular complexity index is 907. The van der Waals surface area contributed by atoms with Crippen LogP contribution in [-0.2, 0) is 12.8 Å². The molecule has 3 aromatic carbocycles. The average molecular weight is 361 g/mol. The number of nitrogen functional groups attached to an aromatic ring is 1. The summed E-state index contributed by atoms with van der Waals surface area (Å²) in [5, 5.41) is 0. The molecular formula is C20H15F4NO. The minimum absolute atomic E-state index is 0.000498. The highest BCUT2D eigenvalue weighted by Gasteiger charge is 2.35. The minimum atomic E-state index is -4.63. The third-order valence-electron chi connectivity index (χ3n) is 3.83. The van der Waals surface area contributed by atoms with Crippen molar-refractivity contribution in [2.45, 2.75) is 12.8 Å². The highest BCUT2D eigenvalue weighted by atomic mass is 19.4. The van der Waals surface area contributed by atoms with Crippen molar-refractivity contribution in [1.29, 1.82) is 0 Å². The van der Waals surface area contributed by atoms with E-state index >= 15 is 0 Å². The second-order valence-electron chi connectivity index (χ2n) is 5.72. The summed E-state index contributed by atoms with van der Waals surface area (Å²) in [5.74, 6) is -0.989. The third-order valence-corrected chi connectivity index (χ3v) is 3.83. The molecule has 26 heavy (non-hydrogen) atoms. The van der Waals surface area contributed by atoms with E-state index in [4.69, 9.17) is 10.5 Å². The van der Waals surface area contributed by atoms with Gasteiger partial charge in [-0.05, 0) is 41.5 Å². The van der Waals surface area contributed by atoms with Gasteiger partial charge in [-0.3, -0.25) is 0 Å². The van der Waals surface area contributed by atoms with Gasteiger partial charge in [0.15, 0.2) is 0 Å². The molecule has 2 N–H and O–H groups in total. The number of hydrogen-bond donors (Lipinski definition) is 1. The van der Waals surface area contributed by atoms with Crippen LogP contribution >= 0.6 is 0 Å². The van der Waals surface area contributed by atoms with E-state index in [0.29, 0.717) is 0 Å². The fourth-order valence-corrected chi connectivity index (χ4v) is 2.55. The zero-order valence-electron chi connectivity index (χ0n) is 13.6. The van der Waals surface area contributed by atoms with E-state index in [-0.39, 0.29) is 29.2 Å². The Morgan fingerprint density at radius 2 is 1.62 bits per heavy atom. The van der Waals surface area contributed by atoms with Crippen molar-refractivity contribution in [2.24, 2.45) is 0 Å². The highest BCUT2D eigenvalue weighted by Crippen LogP contribution is 2.39. The van der Waals surface area contributed by atoms with Crippen LogP contribution in [-0.4, -0.2) is 0 Å². The molecule has 2 nitrogen and oxygen atoms in total. The third kappa shape index (κ3) is 3.96. The largest absolute Gasteiger partial charge is 0.488 e. The van der Waals surface area contributed by atoms with Crippen molar-refractivity contribution in [3.8, 4) is 16.9 Å². The number of rotatable bonds is 4. The lowest BCUT2D eigenvalue weighted by molar-refractivity contribution is -0.139. The summed E-state index contributed by atoms with van der Waals surface area (Å²) in [4.78, 5) is 0. The van der Waals surface area contributed by atoms with E-state index in [2.05, 4.69) is 0 Å². The van der Waals surface area contributed by atoms with Crippen LogP contribution in [0.15, 0.2) is 66.7 Å². The number of benzene rings is 3. The molecule has 0 aliphatic rings. The maximum atomic E-state index is 14.0. The van der Waals surface area contributed by atoms with Crippen molar-refractivity contribution >= 4 is 5.69 Å². The predicted octanol–water partition coefficient (Wildman–Crippen LogP) is 5.67. The van der Waals surface area contributed by atoms with E-state index in [1.807, 2.05) is 0 Å². The topological polar surface area (TPSA) is 35.2 Å². The van der Waals surface area contributed by atoms with E-state index < -0.39 is 17.6 Å². The van der Waals surface area contributed by atoms with Gasteiger partial charge in [-0.15, -0.1) is 0 Å². The summed E-state index contributed by atoms with van der Waals surface area (Å²) in [5.41, 5.74) is 5.61. The van der Waals surface area contributed by atoms with Crippen molar-refractivity contribution in [1.82, 2.24) is 0 Å². The van der Waals surface area contributed by atoms with Gasteiger partial charge in [-0.2, -0.15) is 13.2 Å². The molecule has 0 spiro atoms. The van der Waals surface area contributed by atoms with Crippen LogP contribution in [0.4, 0.5) is 23.2 Å². The van der Waals surface area contributed by atoms with Gasteiger partial charge in [0, 0.05) is 11.3 Å². The van der Waals surface area contributed by atoms with Gasteiger partial charge in [0.25, 0.3) is 0 Å². The first kappa shape index (κ1) is 17.8. The fourth-order valence-electron chi connectivity index (χ4n) is 2.55. The van der Waals surface area contributed by atoms with E-state index in [1.54, 1.807) is 30.3 Å². The zero-order chi connectivity index (χ0) is 18.7. The molecule has 0 aliphatic heterocycles. The zero-order valence-corrected chi connectivity index (χ0v) is 13.6. The molecule has 0 radical (unpaired) electrons. The van der Waals surface area contributed by atoms with Crippen LogP contribution in [0.25, 0.3) is 11.1 Å². The van der Waals surface area contributed by atoms with Crippen LogP contribution in [0.3, 0.4) is 0 Å². The molecule has 3 aromatic rings. The van der Waals surface area contributed by atoms with Crippen molar-refractivity contribution in [3.05, 3.63) is 83.7 Å². The molecule has 134 valence electrons. The first-order chi connectivity index (χ1) is 12.3. The molecule has 0 amide bonds. The molecule has 0 aliphatic carbocycles. The summed E-state index contributed by atoms with van der Waals surface area (Å²) in [6, 6.07) is 16.2. The molecule has 0 aromatic heterocycles. The summed E-state index contributed by atoms with van der Waals surface area (Å²) in [6.07, 6.45) is -4.63. The monoisotopic (exact) mass is 361 g/mol. The highest BCUT2D eigenvalue weighted by molar-refractivity contribution is 5.68. The molecular weight excluding hydrogens is 346 g/mol. The molecule has 0 bridgehead atoms. The Labute approximate surface area is 147 Å². The molecule has 0 saturated carbocycles. The number of nitrogens with two attached hydrogens (primary N) is 1. The van der Waals surface area contributed by atoms with Gasteiger partial charge in [0.1, 0.15) is 18.2 Å². The normalized spacial score (nSPS) is 11.4. The van der Waals surface area contributed by atoms with E-state index in [1.165, 1.54) is 24.3 Å². The fraction of sp³-hybridized carbons (Fsp3) is 0.100. The standard InChI is InChI=1S/C20H15F4NO/c21-18-11-15(25)7-8-16(18)14-6-9-19(17(10-14)20(22,23)24)26-12-13-4-2-1-3-5-13/h1-11H,12,25H2. The quantitative estimate of drug-likeness (QED) is 0.480. The van der Waals surface area contributed by atoms with Crippen LogP contribution < -0.4 is 10.5 Å². The Balaban J connectivity index is 1.96. The smallest absolute Gasteiger partial charge is 0.419 e. The Morgan fingerprint density at radius 3 is 2.27 bits per heavy atom. The van der Waals surface area contributed by atoms with Crippen molar-refractivity contribution in [2.75, 3.05) is 5.73 Å². The lowest BCUT2D eigenvalue weighted by Gasteiger charge is -2.16. The summed E-state index contributed by atoms with van der Waals surface area (Å²) in [7, 11) is 0. The second kappa shape index (κ2) is 7.07. The van der Waals surface area contributed by atoms with Gasteiger partial charge in [0.2, 0.25) is 0 Å². The Morgan fingerprint density at radius 1 is 0.885 bits per heavy atom. The van der Waals surface area contributed by atoms with Gasteiger partial charge in [0.05, 0.1) is 5.56 Å². The molecule has 6 heteroatoms. The van der Waals surface area contributed by atoms with Crippen LogP contribution in [0, 0.1) is 5.82 Å². The molecule has 0 saturated heterocycles. The summed E-state index contributed by atoms with van der Waals surface area (Å²) in [6.45, 7) is -0.000498. The SMILES string of the molecule is Nc1ccc(-c2ccc(OCc3ccccc3)c(C(F)(F)F)c2)c(F)c1. The minimum Gasteiger partial charge on any atom is -0.488 e. The first-order valence-electron chi connectivity index (χ1n) is 7.78. The second-order valence-corrected chi connectivity index (χ2v) is 5.72. The van der Waals surface area contributed by atoms with Gasteiger partial charge in [-0.25, -0.2) is 4.39 Å². The average Bonchev–Trinajstić information content (AvgIpc) is 2.60. The van der Waals surface area contributed by atoms with Crippen LogP contribution in [0.1, 0.15) is 11.1 Å². The number of ether oxygens (including phenoxy) is 1. The maximum Gasteiger partial charge on any atom is 0.419 e. The van der Waals surface area contributed by atoms with E-state index in [9.17, 15) is 17.6 Å². The lowest BCUT2D eigenvalue weighted by atomic mass is 10.0. The van der Waals surface area contributed by atoms with Gasteiger partial charge in [-0.1, -0.05) is 36.4 Å². The summed E-state index contributed by atoms with van der Waals surface area (Å²) >= 11 is 0. The number of halogens is 4. The Kier molecular flexibility index (Phi) is 4.84. The molecule has 0 heterocycles. The molecule has 3 rings (SSSR count). The molecule has 0 atom stereocenters. The lowest BCUT2D eigenvalue weighted by Crippen LogP contribution is -2.09. The van der Waals surface area contributed by atoms with Crippen LogP contribution in [0.2, 0.25) is 0 Å². The van der Waals surface area contributed by atoms with Gasteiger partial charge < -0.3 is 10.5 Å².